The van der Waals surface area contributed by atoms with Gasteiger partial charge in [0.1, 0.15) is 16.3 Å². The van der Waals surface area contributed by atoms with Crippen molar-refractivity contribution in [3.8, 4) is 0 Å². The summed E-state index contributed by atoms with van der Waals surface area (Å²) in [7, 11) is 0. The lowest BCUT2D eigenvalue weighted by molar-refractivity contribution is -0.121. The average Bonchev–Trinajstić information content (AvgIpc) is 2.78. The number of nitrogens with zero attached hydrogens (tertiary/aromatic N) is 2. The Balaban J connectivity index is 1.94. The first-order valence-electron chi connectivity index (χ1n) is 6.34. The van der Waals surface area contributed by atoms with Crippen LogP contribution in [0.15, 0.2) is 53.8 Å². The lowest BCUT2D eigenvalue weighted by atomic mass is 10.0. The van der Waals surface area contributed by atoms with E-state index in [-0.39, 0.29) is 11.6 Å². The molecule has 1 fully saturated rings. The van der Waals surface area contributed by atoms with Crippen LogP contribution >= 0.6 is 11.8 Å². The van der Waals surface area contributed by atoms with Crippen molar-refractivity contribution < 1.29 is 9.18 Å². The van der Waals surface area contributed by atoms with Gasteiger partial charge in [-0.25, -0.2) is 9.38 Å². The summed E-state index contributed by atoms with van der Waals surface area (Å²) in [4.78, 5) is 20.4. The predicted molar refractivity (Wildman–Crippen MR) is 80.8 cm³/mol. The highest BCUT2D eigenvalue weighted by atomic mass is 32.2. The Kier molecular flexibility index (Phi) is 3.47. The Labute approximate surface area is 125 Å². The zero-order valence-corrected chi connectivity index (χ0v) is 12.0. The fourth-order valence-corrected chi connectivity index (χ4v) is 3.12. The number of carbonyl (C=O) groups is 1. The predicted octanol–water partition coefficient (Wildman–Crippen LogP) is 2.99. The van der Waals surface area contributed by atoms with Gasteiger partial charge in [-0.15, -0.1) is 0 Å². The molecule has 0 radical (unpaired) electrons. The van der Waals surface area contributed by atoms with E-state index in [2.05, 4.69) is 15.3 Å². The van der Waals surface area contributed by atoms with E-state index in [9.17, 15) is 9.18 Å². The second kappa shape index (κ2) is 5.29. The van der Waals surface area contributed by atoms with Crippen LogP contribution in [-0.2, 0) is 9.54 Å². The van der Waals surface area contributed by atoms with Crippen molar-refractivity contribution in [1.29, 1.82) is 0 Å². The largest absolute Gasteiger partial charge is 0.304 e. The highest BCUT2D eigenvalue weighted by Crippen LogP contribution is 2.41. The minimum atomic E-state index is -0.785. The Hall–Kier alpha value is -2.21. The third kappa shape index (κ3) is 2.54. The van der Waals surface area contributed by atoms with E-state index in [0.29, 0.717) is 5.17 Å². The smallest absolute Gasteiger partial charge is 0.246 e. The number of thioether (sulfide) groups is 1. The second-order valence-electron chi connectivity index (χ2n) is 4.69. The third-order valence-electron chi connectivity index (χ3n) is 3.26. The topological polar surface area (TPSA) is 54.4 Å². The first-order chi connectivity index (χ1) is 10.1. The number of aromatic nitrogens is 1. The molecule has 21 heavy (non-hydrogen) atoms. The van der Waals surface area contributed by atoms with Gasteiger partial charge in [-0.2, -0.15) is 0 Å². The number of amides is 1. The first kappa shape index (κ1) is 13.8. The first-order valence-corrected chi connectivity index (χ1v) is 7.15. The molecule has 0 spiro atoms. The molecule has 2 heterocycles. The van der Waals surface area contributed by atoms with Gasteiger partial charge in [0.25, 0.3) is 0 Å². The van der Waals surface area contributed by atoms with Gasteiger partial charge in [0, 0.05) is 12.4 Å². The van der Waals surface area contributed by atoms with Crippen LogP contribution in [-0.4, -0.2) is 16.1 Å². The summed E-state index contributed by atoms with van der Waals surface area (Å²) in [5, 5.41) is 3.10. The van der Waals surface area contributed by atoms with Gasteiger partial charge in [0.05, 0.1) is 0 Å². The fourth-order valence-electron chi connectivity index (χ4n) is 2.04. The number of carbonyl (C=O) groups excluding carboxylic acids is 1. The molecule has 1 unspecified atom stereocenters. The highest BCUT2D eigenvalue weighted by Gasteiger charge is 2.44. The van der Waals surface area contributed by atoms with Crippen LogP contribution in [0.25, 0.3) is 0 Å². The molecule has 1 amide bonds. The van der Waals surface area contributed by atoms with Crippen molar-refractivity contribution in [1.82, 2.24) is 10.3 Å². The van der Waals surface area contributed by atoms with Crippen molar-refractivity contribution >= 4 is 28.5 Å². The second-order valence-corrected chi connectivity index (χ2v) is 6.10. The van der Waals surface area contributed by atoms with Crippen molar-refractivity contribution in [3.63, 3.8) is 0 Å². The maximum Gasteiger partial charge on any atom is 0.246 e. The van der Waals surface area contributed by atoms with Gasteiger partial charge in [-0.05, 0) is 36.8 Å². The summed E-state index contributed by atoms with van der Waals surface area (Å²) in [5.41, 5.74) is 1.04. The van der Waals surface area contributed by atoms with Crippen LogP contribution in [0.5, 0.6) is 0 Å². The van der Waals surface area contributed by atoms with Gasteiger partial charge in [0.15, 0.2) is 5.17 Å². The average molecular weight is 301 g/mol. The molecular weight excluding hydrogens is 289 g/mol. The molecule has 1 aromatic carbocycles. The Morgan fingerprint density at radius 3 is 2.67 bits per heavy atom. The summed E-state index contributed by atoms with van der Waals surface area (Å²) in [6.45, 7) is 1.81. The maximum absolute atomic E-state index is 13.6. The number of hydrogen-bond acceptors (Lipinski definition) is 4. The standard InChI is InChI=1S/C15H12FN3OS/c1-15(10-6-8-17-9-7-10)13(20)19-14(21-15)18-12-5-3-2-4-11(12)16/h2-9H,1H3,(H,18,19,20). The van der Waals surface area contributed by atoms with Gasteiger partial charge in [-0.3, -0.25) is 9.78 Å². The molecule has 3 rings (SSSR count). The summed E-state index contributed by atoms with van der Waals surface area (Å²) in [6.07, 6.45) is 3.28. The minimum absolute atomic E-state index is 0.172. The van der Waals surface area contributed by atoms with Crippen LogP contribution in [0, 0.1) is 5.82 Å². The normalized spacial score (nSPS) is 23.3. The molecule has 1 aromatic heterocycles. The lowest BCUT2D eigenvalue weighted by Gasteiger charge is -2.18. The molecule has 106 valence electrons. The van der Waals surface area contributed by atoms with Crippen LogP contribution in [0.3, 0.4) is 0 Å². The fraction of sp³-hybridized carbons (Fsp3) is 0.133. The molecule has 4 nitrogen and oxygen atoms in total. The number of aliphatic imine (C=N–C) groups is 1. The SMILES string of the molecule is CC1(c2ccncc2)SC(=Nc2ccccc2F)NC1=O. The molecule has 1 aliphatic heterocycles. The van der Waals surface area contributed by atoms with E-state index in [0.717, 1.165) is 5.56 Å². The van der Waals surface area contributed by atoms with E-state index in [4.69, 9.17) is 0 Å². The van der Waals surface area contributed by atoms with Crippen molar-refractivity contribution in [2.75, 3.05) is 0 Å². The molecule has 2 aromatic rings. The third-order valence-corrected chi connectivity index (χ3v) is 4.48. The summed E-state index contributed by atoms with van der Waals surface area (Å²) >= 11 is 1.27. The molecular formula is C15H12FN3OS. The van der Waals surface area contributed by atoms with Crippen molar-refractivity contribution in [2.24, 2.45) is 4.99 Å². The Bertz CT molecular complexity index is 720. The van der Waals surface area contributed by atoms with E-state index in [1.54, 1.807) is 42.7 Å². The van der Waals surface area contributed by atoms with E-state index < -0.39 is 10.6 Å². The van der Waals surface area contributed by atoms with Crippen molar-refractivity contribution in [2.45, 2.75) is 11.7 Å². The van der Waals surface area contributed by atoms with Crippen LogP contribution in [0.1, 0.15) is 12.5 Å². The quantitative estimate of drug-likeness (QED) is 0.927. The van der Waals surface area contributed by atoms with Gasteiger partial charge >= 0.3 is 0 Å². The maximum atomic E-state index is 13.6. The van der Waals surface area contributed by atoms with Crippen LogP contribution in [0.4, 0.5) is 10.1 Å². The van der Waals surface area contributed by atoms with E-state index in [1.807, 2.05) is 6.92 Å². The Morgan fingerprint density at radius 1 is 1.24 bits per heavy atom. The molecule has 0 aliphatic carbocycles. The Morgan fingerprint density at radius 2 is 1.95 bits per heavy atom. The van der Waals surface area contributed by atoms with Gasteiger partial charge in [-0.1, -0.05) is 23.9 Å². The monoisotopic (exact) mass is 301 g/mol. The molecule has 1 aliphatic rings. The van der Waals surface area contributed by atoms with Gasteiger partial charge in [0.2, 0.25) is 5.91 Å². The molecule has 1 saturated heterocycles. The minimum Gasteiger partial charge on any atom is -0.304 e. The number of nitrogens with one attached hydrogen (secondary N) is 1. The number of halogens is 1. The zero-order chi connectivity index (χ0) is 14.9. The van der Waals surface area contributed by atoms with Crippen LogP contribution < -0.4 is 5.32 Å². The number of rotatable bonds is 2. The number of amidine groups is 1. The highest BCUT2D eigenvalue weighted by molar-refractivity contribution is 8.15. The number of hydrogen-bond donors (Lipinski definition) is 1. The molecule has 1 atom stereocenters. The number of para-hydroxylation sites is 1. The number of pyridine rings is 1. The molecule has 1 N–H and O–H groups in total. The molecule has 6 heteroatoms. The molecule has 0 saturated carbocycles. The van der Waals surface area contributed by atoms with Crippen LogP contribution in [0.2, 0.25) is 0 Å². The lowest BCUT2D eigenvalue weighted by Crippen LogP contribution is -2.31. The molecule has 0 bridgehead atoms. The zero-order valence-electron chi connectivity index (χ0n) is 11.2. The van der Waals surface area contributed by atoms with E-state index in [1.165, 1.54) is 17.8 Å². The summed E-state index contributed by atoms with van der Waals surface area (Å²) < 4.78 is 12.8. The summed E-state index contributed by atoms with van der Waals surface area (Å²) in [5.74, 6) is -0.592. The van der Waals surface area contributed by atoms with E-state index >= 15 is 0 Å². The summed E-state index contributed by atoms with van der Waals surface area (Å²) in [6, 6.07) is 9.78. The van der Waals surface area contributed by atoms with Crippen molar-refractivity contribution in [3.05, 3.63) is 60.2 Å². The van der Waals surface area contributed by atoms with Gasteiger partial charge < -0.3 is 5.32 Å². The number of benzene rings is 1.